The molecule has 0 bridgehead atoms. The van der Waals surface area contributed by atoms with E-state index in [0.717, 1.165) is 13.0 Å². The molecule has 0 heterocycles. The Morgan fingerprint density at radius 1 is 1.20 bits per heavy atom. The molecular formula is C11H21ClO3. The van der Waals surface area contributed by atoms with Crippen molar-refractivity contribution < 1.29 is 14.3 Å². The molecule has 15 heavy (non-hydrogen) atoms. The van der Waals surface area contributed by atoms with Crippen LogP contribution in [0.2, 0.25) is 0 Å². The fourth-order valence-electron chi connectivity index (χ4n) is 1.05. The number of hydrogen-bond acceptors (Lipinski definition) is 3. The van der Waals surface area contributed by atoms with Crippen LogP contribution in [0.5, 0.6) is 0 Å². The first kappa shape index (κ1) is 14.7. The van der Waals surface area contributed by atoms with Crippen LogP contribution in [-0.2, 0) is 14.3 Å². The second-order valence-electron chi connectivity index (χ2n) is 3.46. The predicted octanol–water partition coefficient (Wildman–Crippen LogP) is 2.75. The summed E-state index contributed by atoms with van der Waals surface area (Å²) < 4.78 is 10.1. The Balaban J connectivity index is 3.08. The van der Waals surface area contributed by atoms with Crippen LogP contribution in [0.1, 0.15) is 39.5 Å². The van der Waals surface area contributed by atoms with E-state index >= 15 is 0 Å². The molecule has 3 nitrogen and oxygen atoms in total. The smallest absolute Gasteiger partial charge is 0.323 e. The third-order valence-corrected chi connectivity index (χ3v) is 2.12. The van der Waals surface area contributed by atoms with Gasteiger partial charge < -0.3 is 9.47 Å². The van der Waals surface area contributed by atoms with Crippen LogP contribution in [0.15, 0.2) is 0 Å². The first-order chi connectivity index (χ1) is 7.18. The quantitative estimate of drug-likeness (QED) is 0.351. The molecule has 1 atom stereocenters. The maximum absolute atomic E-state index is 10.9. The Labute approximate surface area is 97.1 Å². The molecule has 0 aromatic carbocycles. The van der Waals surface area contributed by atoms with E-state index in [1.54, 1.807) is 6.92 Å². The molecule has 0 aromatic heterocycles. The van der Waals surface area contributed by atoms with Crippen LogP contribution in [-0.4, -0.2) is 31.2 Å². The molecule has 0 aliphatic heterocycles. The van der Waals surface area contributed by atoms with E-state index in [-0.39, 0.29) is 5.97 Å². The van der Waals surface area contributed by atoms with Gasteiger partial charge in [0.2, 0.25) is 0 Å². The van der Waals surface area contributed by atoms with E-state index in [9.17, 15) is 4.79 Å². The monoisotopic (exact) mass is 236 g/mol. The minimum absolute atomic E-state index is 0.295. The van der Waals surface area contributed by atoms with Gasteiger partial charge in [0.15, 0.2) is 0 Å². The highest BCUT2D eigenvalue weighted by Crippen LogP contribution is 1.99. The van der Waals surface area contributed by atoms with Gasteiger partial charge in [0.1, 0.15) is 12.0 Å². The molecule has 1 unspecified atom stereocenters. The largest absolute Gasteiger partial charge is 0.462 e. The maximum Gasteiger partial charge on any atom is 0.323 e. The van der Waals surface area contributed by atoms with Crippen LogP contribution >= 0.6 is 11.6 Å². The number of hydrogen-bond donors (Lipinski definition) is 0. The van der Waals surface area contributed by atoms with E-state index in [1.165, 1.54) is 19.3 Å². The minimum atomic E-state index is -0.574. The lowest BCUT2D eigenvalue weighted by molar-refractivity contribution is -0.144. The summed E-state index contributed by atoms with van der Waals surface area (Å²) in [7, 11) is 0. The number of rotatable bonds is 9. The topological polar surface area (TPSA) is 35.5 Å². The van der Waals surface area contributed by atoms with Crippen molar-refractivity contribution in [3.05, 3.63) is 0 Å². The molecule has 0 spiro atoms. The Kier molecular flexibility index (Phi) is 10.1. The molecule has 0 saturated carbocycles. The second-order valence-corrected chi connectivity index (χ2v) is 4.11. The van der Waals surface area contributed by atoms with Gasteiger partial charge in [-0.05, 0) is 13.3 Å². The van der Waals surface area contributed by atoms with Gasteiger partial charge in [0.25, 0.3) is 0 Å². The average Bonchev–Trinajstić information content (AvgIpc) is 2.21. The summed E-state index contributed by atoms with van der Waals surface area (Å²) in [6.45, 7) is 5.27. The lowest BCUT2D eigenvalue weighted by atomic mass is 10.2. The number of ether oxygens (including phenoxy) is 2. The molecule has 4 heteroatoms. The molecule has 0 aliphatic rings. The fourth-order valence-corrected chi connectivity index (χ4v) is 1.11. The van der Waals surface area contributed by atoms with Gasteiger partial charge >= 0.3 is 5.97 Å². The Hall–Kier alpha value is -0.280. The fraction of sp³-hybridized carbons (Fsp3) is 0.909. The average molecular weight is 237 g/mol. The zero-order valence-corrected chi connectivity index (χ0v) is 10.4. The van der Waals surface area contributed by atoms with E-state index < -0.39 is 5.38 Å². The molecule has 0 rings (SSSR count). The number of halogens is 1. The number of carbonyl (C=O) groups excluding carboxylic acids is 1. The number of carbonyl (C=O) groups is 1. The normalized spacial score (nSPS) is 12.5. The zero-order chi connectivity index (χ0) is 11.5. The Morgan fingerprint density at radius 2 is 1.93 bits per heavy atom. The van der Waals surface area contributed by atoms with Crippen molar-refractivity contribution in [1.82, 2.24) is 0 Å². The third-order valence-electron chi connectivity index (χ3n) is 1.94. The van der Waals surface area contributed by atoms with Crippen molar-refractivity contribution in [2.45, 2.75) is 44.9 Å². The van der Waals surface area contributed by atoms with Gasteiger partial charge in [-0.1, -0.05) is 26.2 Å². The van der Waals surface area contributed by atoms with Gasteiger partial charge in [-0.25, -0.2) is 0 Å². The van der Waals surface area contributed by atoms with Crippen LogP contribution in [0.25, 0.3) is 0 Å². The molecule has 0 aliphatic carbocycles. The SMILES string of the molecule is CCCCCCOCCOC(=O)C(C)Cl. The van der Waals surface area contributed by atoms with Crippen molar-refractivity contribution >= 4 is 17.6 Å². The van der Waals surface area contributed by atoms with Gasteiger partial charge in [-0.15, -0.1) is 11.6 Å². The van der Waals surface area contributed by atoms with Crippen molar-refractivity contribution in [2.24, 2.45) is 0 Å². The second kappa shape index (κ2) is 10.2. The highest BCUT2D eigenvalue weighted by molar-refractivity contribution is 6.29. The summed E-state index contributed by atoms with van der Waals surface area (Å²) in [5.41, 5.74) is 0. The Bertz CT molecular complexity index is 160. The molecule has 0 aromatic rings. The van der Waals surface area contributed by atoms with Crippen LogP contribution < -0.4 is 0 Å². The molecular weight excluding hydrogens is 216 g/mol. The summed E-state index contributed by atoms with van der Waals surface area (Å²) in [5.74, 6) is -0.383. The van der Waals surface area contributed by atoms with E-state index in [0.29, 0.717) is 13.2 Å². The summed E-state index contributed by atoms with van der Waals surface area (Å²) >= 11 is 5.51. The Morgan fingerprint density at radius 3 is 2.53 bits per heavy atom. The first-order valence-corrected chi connectivity index (χ1v) is 6.00. The number of alkyl halides is 1. The standard InChI is InChI=1S/C11H21ClO3/c1-3-4-5-6-7-14-8-9-15-11(13)10(2)12/h10H,3-9H2,1-2H3. The molecule has 0 fully saturated rings. The zero-order valence-electron chi connectivity index (χ0n) is 9.63. The molecule has 0 amide bonds. The highest BCUT2D eigenvalue weighted by Gasteiger charge is 2.09. The lowest BCUT2D eigenvalue weighted by Crippen LogP contribution is -2.17. The third kappa shape index (κ3) is 10.0. The van der Waals surface area contributed by atoms with Gasteiger partial charge in [-0.2, -0.15) is 0 Å². The molecule has 90 valence electrons. The summed E-state index contributed by atoms with van der Waals surface area (Å²) in [5, 5.41) is -0.574. The summed E-state index contributed by atoms with van der Waals surface area (Å²) in [4.78, 5) is 10.9. The van der Waals surface area contributed by atoms with Crippen LogP contribution in [0, 0.1) is 0 Å². The van der Waals surface area contributed by atoms with Gasteiger partial charge in [0, 0.05) is 6.61 Å². The van der Waals surface area contributed by atoms with Crippen LogP contribution in [0.4, 0.5) is 0 Å². The van der Waals surface area contributed by atoms with Crippen molar-refractivity contribution in [3.8, 4) is 0 Å². The summed E-state index contributed by atoms with van der Waals surface area (Å²) in [6.07, 6.45) is 4.76. The van der Waals surface area contributed by atoms with E-state index in [1.807, 2.05) is 0 Å². The minimum Gasteiger partial charge on any atom is -0.462 e. The lowest BCUT2D eigenvalue weighted by Gasteiger charge is -2.06. The highest BCUT2D eigenvalue weighted by atomic mass is 35.5. The summed E-state index contributed by atoms with van der Waals surface area (Å²) in [6, 6.07) is 0. The van der Waals surface area contributed by atoms with E-state index in [2.05, 4.69) is 6.92 Å². The van der Waals surface area contributed by atoms with Crippen molar-refractivity contribution in [3.63, 3.8) is 0 Å². The predicted molar refractivity (Wildman–Crippen MR) is 61.2 cm³/mol. The van der Waals surface area contributed by atoms with Gasteiger partial charge in [-0.3, -0.25) is 4.79 Å². The van der Waals surface area contributed by atoms with Crippen LogP contribution in [0.3, 0.4) is 0 Å². The first-order valence-electron chi connectivity index (χ1n) is 5.57. The number of unbranched alkanes of at least 4 members (excludes halogenated alkanes) is 3. The number of esters is 1. The molecule has 0 N–H and O–H groups in total. The maximum atomic E-state index is 10.9. The molecule has 0 saturated heterocycles. The van der Waals surface area contributed by atoms with E-state index in [4.69, 9.17) is 21.1 Å². The molecule has 0 radical (unpaired) electrons. The van der Waals surface area contributed by atoms with Gasteiger partial charge in [0.05, 0.1) is 6.61 Å². The van der Waals surface area contributed by atoms with Crippen molar-refractivity contribution in [2.75, 3.05) is 19.8 Å². The van der Waals surface area contributed by atoms with Crippen molar-refractivity contribution in [1.29, 1.82) is 0 Å².